The van der Waals surface area contributed by atoms with Crippen LogP contribution in [0.2, 0.25) is 0 Å². The Morgan fingerprint density at radius 3 is 1.62 bits per heavy atom. The number of nitrogens with one attached hydrogen (secondary N) is 2. The van der Waals surface area contributed by atoms with Crippen LogP contribution in [-0.2, 0) is 9.59 Å². The Bertz CT molecular complexity index is 1250. The number of amides is 2. The fourth-order valence-corrected chi connectivity index (χ4v) is 7.46. The average Bonchev–Trinajstić information content (AvgIpc) is 3.56. The minimum absolute atomic E-state index is 0.0788. The molecule has 0 radical (unpaired) electrons. The van der Waals surface area contributed by atoms with Crippen molar-refractivity contribution in [1.29, 1.82) is 0 Å². The average molecular weight is 555 g/mol. The molecular weight excluding hydrogens is 524 g/mol. The van der Waals surface area contributed by atoms with Crippen molar-refractivity contribution >= 4 is 36.0 Å². The minimum atomic E-state index is -0.645. The zero-order valence-electron chi connectivity index (χ0n) is 21.7. The van der Waals surface area contributed by atoms with E-state index in [0.717, 1.165) is 44.9 Å². The van der Waals surface area contributed by atoms with Crippen LogP contribution in [0.1, 0.15) is 75.7 Å². The number of carbonyl (C=O) groups excluding carboxylic acids is 2. The summed E-state index contributed by atoms with van der Waals surface area (Å²) >= 11 is 0. The summed E-state index contributed by atoms with van der Waals surface area (Å²) in [6.45, 7) is 0. The Morgan fingerprint density at radius 2 is 1.25 bits per heavy atom. The Labute approximate surface area is 228 Å². The number of hydrazone groups is 2. The van der Waals surface area contributed by atoms with Crippen LogP contribution in [0.25, 0.3) is 0 Å². The molecule has 40 heavy (non-hydrogen) atoms. The second-order valence-electron chi connectivity index (χ2n) is 11.4. The Balaban J connectivity index is 1.10. The standard InChI is InChI=1S/C26H30N6O8/c33-21(29-27-14-19-1-3-23(39-19)31(35)36)5-7-25-10-17-9-18(11-25)13-26(12-17,16-25)8-6-22(34)30-28-15-20-2-4-24(40-20)32(37)38/h1-4,14-15,17-18H,5-13,16H2,(H,29,33)(H,30,34)/b27-14+,28-15+. The first-order valence-electron chi connectivity index (χ1n) is 13.2. The monoisotopic (exact) mass is 554 g/mol. The largest absolute Gasteiger partial charge is 0.433 e. The summed E-state index contributed by atoms with van der Waals surface area (Å²) < 4.78 is 9.98. The highest BCUT2D eigenvalue weighted by Crippen LogP contribution is 2.67. The van der Waals surface area contributed by atoms with Gasteiger partial charge in [0, 0.05) is 12.8 Å². The van der Waals surface area contributed by atoms with Gasteiger partial charge in [-0.2, -0.15) is 10.2 Å². The predicted octanol–water partition coefficient (Wildman–Crippen LogP) is 4.44. The van der Waals surface area contributed by atoms with E-state index in [-0.39, 0.29) is 34.2 Å². The van der Waals surface area contributed by atoms with Gasteiger partial charge in [0.15, 0.2) is 11.5 Å². The van der Waals surface area contributed by atoms with E-state index in [2.05, 4.69) is 21.1 Å². The topological polar surface area (TPSA) is 195 Å². The van der Waals surface area contributed by atoms with E-state index in [9.17, 15) is 29.8 Å². The van der Waals surface area contributed by atoms with Gasteiger partial charge in [-0.1, -0.05) is 0 Å². The van der Waals surface area contributed by atoms with Crippen LogP contribution < -0.4 is 10.9 Å². The maximum Gasteiger partial charge on any atom is 0.433 e. The van der Waals surface area contributed by atoms with Crippen LogP contribution in [0.15, 0.2) is 43.3 Å². The molecule has 2 aromatic heterocycles. The fourth-order valence-electron chi connectivity index (χ4n) is 7.46. The van der Waals surface area contributed by atoms with E-state index in [4.69, 9.17) is 8.83 Å². The molecule has 4 aliphatic rings. The van der Waals surface area contributed by atoms with Crippen molar-refractivity contribution in [3.05, 3.63) is 56.0 Å². The molecule has 4 fully saturated rings. The molecule has 0 aliphatic heterocycles. The summed E-state index contributed by atoms with van der Waals surface area (Å²) in [6, 6.07) is 5.25. The molecular formula is C26H30N6O8. The molecule has 4 bridgehead atoms. The first-order valence-corrected chi connectivity index (χ1v) is 13.2. The van der Waals surface area contributed by atoms with E-state index in [0.29, 0.717) is 24.7 Å². The summed E-state index contributed by atoms with van der Waals surface area (Å²) in [6.07, 6.45) is 11.2. The Morgan fingerprint density at radius 1 is 0.825 bits per heavy atom. The van der Waals surface area contributed by atoms with Gasteiger partial charge in [0.05, 0.1) is 24.6 Å². The first kappa shape index (κ1) is 27.2. The molecule has 2 N–H and O–H groups in total. The molecule has 0 spiro atoms. The molecule has 2 heterocycles. The van der Waals surface area contributed by atoms with Crippen molar-refractivity contribution in [2.45, 2.75) is 64.2 Å². The second-order valence-corrected chi connectivity index (χ2v) is 11.4. The third-order valence-corrected chi connectivity index (χ3v) is 8.42. The summed E-state index contributed by atoms with van der Waals surface area (Å²) in [5.41, 5.74) is 5.13. The van der Waals surface area contributed by atoms with Gasteiger partial charge in [-0.15, -0.1) is 0 Å². The van der Waals surface area contributed by atoms with Crippen LogP contribution >= 0.6 is 0 Å². The van der Waals surface area contributed by atoms with E-state index in [1.165, 1.54) is 43.1 Å². The van der Waals surface area contributed by atoms with Gasteiger partial charge in [0.1, 0.15) is 9.85 Å². The smallest absolute Gasteiger partial charge is 0.400 e. The number of nitrogens with zero attached hydrogens (tertiary/aromatic N) is 4. The maximum absolute atomic E-state index is 12.5. The van der Waals surface area contributed by atoms with E-state index < -0.39 is 21.6 Å². The Kier molecular flexibility index (Phi) is 7.50. The van der Waals surface area contributed by atoms with Crippen LogP contribution in [0.5, 0.6) is 0 Å². The molecule has 2 amide bonds. The summed E-state index contributed by atoms with van der Waals surface area (Å²) in [5, 5.41) is 29.1. The summed E-state index contributed by atoms with van der Waals surface area (Å²) in [7, 11) is 0. The zero-order chi connectivity index (χ0) is 28.3. The van der Waals surface area contributed by atoms with Gasteiger partial charge in [-0.05, 0) is 86.2 Å². The SMILES string of the molecule is O=C(CCC12CC3CC(C1)CC(CCC(=O)N/N=C/c1ccc([N+](=O)[O-])o1)(C3)C2)N/N=C/c1ccc([N+](=O)[O-])o1. The highest BCUT2D eigenvalue weighted by atomic mass is 16.7. The van der Waals surface area contributed by atoms with Crippen molar-refractivity contribution in [3.63, 3.8) is 0 Å². The summed E-state index contributed by atoms with van der Waals surface area (Å²) in [4.78, 5) is 45.1. The lowest BCUT2D eigenvalue weighted by atomic mass is 9.42. The number of rotatable bonds is 12. The normalized spacial score (nSPS) is 26.9. The molecule has 6 rings (SSSR count). The van der Waals surface area contributed by atoms with Crippen LogP contribution in [-0.4, -0.2) is 34.1 Å². The van der Waals surface area contributed by atoms with E-state index in [1.54, 1.807) is 0 Å². The zero-order valence-corrected chi connectivity index (χ0v) is 21.7. The number of hydrogen-bond acceptors (Lipinski definition) is 10. The fraction of sp³-hybridized carbons (Fsp3) is 0.538. The molecule has 0 aromatic carbocycles. The molecule has 14 heteroatoms. The van der Waals surface area contributed by atoms with Gasteiger partial charge in [-0.25, -0.2) is 10.9 Å². The van der Waals surface area contributed by atoms with Crippen molar-refractivity contribution in [2.24, 2.45) is 32.9 Å². The molecule has 4 saturated carbocycles. The first-order chi connectivity index (χ1) is 19.1. The Hall–Kier alpha value is -4.36. The lowest BCUT2D eigenvalue weighted by Crippen LogP contribution is -2.52. The molecule has 0 atom stereocenters. The number of furan rings is 2. The maximum atomic E-state index is 12.5. The predicted molar refractivity (Wildman–Crippen MR) is 140 cm³/mol. The highest BCUT2D eigenvalue weighted by molar-refractivity contribution is 5.81. The summed E-state index contributed by atoms with van der Waals surface area (Å²) in [5.74, 6) is 0.333. The highest BCUT2D eigenvalue weighted by Gasteiger charge is 2.57. The van der Waals surface area contributed by atoms with Crippen LogP contribution in [0.4, 0.5) is 11.8 Å². The van der Waals surface area contributed by atoms with Crippen molar-refractivity contribution in [3.8, 4) is 0 Å². The van der Waals surface area contributed by atoms with Crippen molar-refractivity contribution in [1.82, 2.24) is 10.9 Å². The van der Waals surface area contributed by atoms with Gasteiger partial charge in [-0.3, -0.25) is 29.8 Å². The lowest BCUT2D eigenvalue weighted by molar-refractivity contribution is -0.402. The van der Waals surface area contributed by atoms with Crippen molar-refractivity contribution < 1.29 is 28.3 Å². The van der Waals surface area contributed by atoms with Crippen LogP contribution in [0, 0.1) is 42.9 Å². The quantitative estimate of drug-likeness (QED) is 0.218. The van der Waals surface area contributed by atoms with E-state index >= 15 is 0 Å². The minimum Gasteiger partial charge on any atom is -0.400 e. The molecule has 0 saturated heterocycles. The van der Waals surface area contributed by atoms with Gasteiger partial charge in [0.25, 0.3) is 0 Å². The van der Waals surface area contributed by atoms with Gasteiger partial charge >= 0.3 is 11.8 Å². The molecule has 0 unspecified atom stereocenters. The van der Waals surface area contributed by atoms with Gasteiger partial charge < -0.3 is 8.83 Å². The number of nitro groups is 2. The third kappa shape index (κ3) is 6.26. The molecule has 14 nitrogen and oxygen atoms in total. The number of carbonyl (C=O) groups is 2. The lowest BCUT2D eigenvalue weighted by Gasteiger charge is -2.62. The molecule has 2 aromatic rings. The van der Waals surface area contributed by atoms with Crippen LogP contribution in [0.3, 0.4) is 0 Å². The molecule has 212 valence electrons. The number of hydrogen-bond donors (Lipinski definition) is 2. The van der Waals surface area contributed by atoms with E-state index in [1.807, 2.05) is 0 Å². The second kappa shape index (κ2) is 11.0. The van der Waals surface area contributed by atoms with Crippen molar-refractivity contribution in [2.75, 3.05) is 0 Å². The van der Waals surface area contributed by atoms with Gasteiger partial charge in [0.2, 0.25) is 11.8 Å². The third-order valence-electron chi connectivity index (χ3n) is 8.42. The molecule has 4 aliphatic carbocycles.